The number of amides is 2. The van der Waals surface area contributed by atoms with Crippen LogP contribution in [0, 0.1) is 13.8 Å². The van der Waals surface area contributed by atoms with E-state index in [9.17, 15) is 9.59 Å². The second-order valence-electron chi connectivity index (χ2n) is 11.5. The number of methoxy groups -OCH3 is 3. The van der Waals surface area contributed by atoms with E-state index in [1.807, 2.05) is 92.8 Å². The fourth-order valence-corrected chi connectivity index (χ4v) is 6.90. The van der Waals surface area contributed by atoms with Gasteiger partial charge in [-0.25, -0.2) is 15.0 Å². The van der Waals surface area contributed by atoms with Gasteiger partial charge < -0.3 is 29.3 Å². The highest BCUT2D eigenvalue weighted by Crippen LogP contribution is 2.35. The van der Waals surface area contributed by atoms with Crippen molar-refractivity contribution in [1.29, 1.82) is 0 Å². The lowest BCUT2D eigenvalue weighted by Crippen LogP contribution is -2.41. The lowest BCUT2D eigenvalue weighted by molar-refractivity contribution is -0.137. The lowest BCUT2D eigenvalue weighted by atomic mass is 10.0. The summed E-state index contributed by atoms with van der Waals surface area (Å²) in [4.78, 5) is 46.2. The Labute approximate surface area is 300 Å². The number of hydrogen-bond donors (Lipinski definition) is 1. The van der Waals surface area contributed by atoms with Crippen molar-refractivity contribution in [2.45, 2.75) is 31.6 Å². The van der Waals surface area contributed by atoms with Gasteiger partial charge in [0, 0.05) is 47.8 Å². The van der Waals surface area contributed by atoms with Gasteiger partial charge in [0.15, 0.2) is 16.7 Å². The van der Waals surface area contributed by atoms with Gasteiger partial charge in [-0.1, -0.05) is 17.8 Å². The molecule has 1 unspecified atom stereocenters. The normalized spacial score (nSPS) is 11.4. The molecule has 0 spiro atoms. The fraction of sp³-hybridized carbons (Fsp3) is 0.270. The van der Waals surface area contributed by atoms with E-state index in [1.165, 1.54) is 30.2 Å². The van der Waals surface area contributed by atoms with Gasteiger partial charge in [0.2, 0.25) is 5.91 Å². The minimum Gasteiger partial charge on any atom is -0.497 e. The molecule has 0 bridgehead atoms. The van der Waals surface area contributed by atoms with Crippen LogP contribution in [0.25, 0.3) is 11.3 Å². The molecular formula is C37H40N6O5S2. The SMILES string of the molecule is COc1ccc(-c2csc(CN(C(=O)CSc3nc(C)cc(C)n3)C(C(=O)Nc3ccc(N(C)C)cc3)c3ccc(OC)c(OC)c3)n2)cc1. The Hall–Kier alpha value is -5.14. The van der Waals surface area contributed by atoms with Crippen molar-refractivity contribution < 1.29 is 23.8 Å². The predicted molar refractivity (Wildman–Crippen MR) is 199 cm³/mol. The third-order valence-electron chi connectivity index (χ3n) is 7.78. The molecule has 0 saturated carbocycles. The minimum atomic E-state index is -1.06. The largest absolute Gasteiger partial charge is 0.497 e. The van der Waals surface area contributed by atoms with Gasteiger partial charge in [-0.15, -0.1) is 11.3 Å². The van der Waals surface area contributed by atoms with Crippen molar-refractivity contribution in [3.05, 3.63) is 100 Å². The molecule has 1 atom stereocenters. The van der Waals surface area contributed by atoms with Crippen LogP contribution in [0.4, 0.5) is 11.4 Å². The summed E-state index contributed by atoms with van der Waals surface area (Å²) in [5, 5.41) is 6.12. The Morgan fingerprint density at radius 1 is 0.840 bits per heavy atom. The molecule has 0 fully saturated rings. The highest BCUT2D eigenvalue weighted by molar-refractivity contribution is 7.99. The molecule has 5 aromatic rings. The number of aryl methyl sites for hydroxylation is 2. The first-order valence-electron chi connectivity index (χ1n) is 15.7. The molecule has 2 aromatic heterocycles. The number of benzene rings is 3. The quantitative estimate of drug-likeness (QED) is 0.0972. The number of ether oxygens (including phenoxy) is 3. The van der Waals surface area contributed by atoms with E-state index in [-0.39, 0.29) is 18.2 Å². The maximum atomic E-state index is 14.4. The summed E-state index contributed by atoms with van der Waals surface area (Å²) >= 11 is 2.64. The van der Waals surface area contributed by atoms with Crippen molar-refractivity contribution >= 4 is 46.3 Å². The highest BCUT2D eigenvalue weighted by atomic mass is 32.2. The molecule has 50 heavy (non-hydrogen) atoms. The molecule has 2 heterocycles. The van der Waals surface area contributed by atoms with Crippen molar-refractivity contribution in [2.75, 3.05) is 51.4 Å². The van der Waals surface area contributed by atoms with Crippen molar-refractivity contribution in [2.24, 2.45) is 0 Å². The monoisotopic (exact) mass is 712 g/mol. The zero-order valence-corrected chi connectivity index (χ0v) is 30.7. The van der Waals surface area contributed by atoms with Crippen molar-refractivity contribution in [1.82, 2.24) is 19.9 Å². The summed E-state index contributed by atoms with van der Waals surface area (Å²) in [6, 6.07) is 21.2. The van der Waals surface area contributed by atoms with Crippen LogP contribution in [0.1, 0.15) is 28.0 Å². The van der Waals surface area contributed by atoms with Crippen LogP contribution < -0.4 is 24.4 Å². The molecular weight excluding hydrogens is 673 g/mol. The molecule has 260 valence electrons. The molecule has 0 radical (unpaired) electrons. The number of anilines is 2. The minimum absolute atomic E-state index is 0.00575. The molecule has 2 amide bonds. The Morgan fingerprint density at radius 2 is 1.52 bits per heavy atom. The van der Waals surface area contributed by atoms with Crippen LogP contribution >= 0.6 is 23.1 Å². The average molecular weight is 713 g/mol. The number of aromatic nitrogens is 3. The predicted octanol–water partition coefficient (Wildman–Crippen LogP) is 6.81. The van der Waals surface area contributed by atoms with E-state index >= 15 is 0 Å². The molecule has 13 heteroatoms. The number of thioether (sulfide) groups is 1. The Balaban J connectivity index is 1.54. The molecule has 3 aromatic carbocycles. The Morgan fingerprint density at radius 3 is 2.14 bits per heavy atom. The smallest absolute Gasteiger partial charge is 0.251 e. The number of nitrogens with one attached hydrogen (secondary N) is 1. The van der Waals surface area contributed by atoms with Crippen LogP contribution in [0.2, 0.25) is 0 Å². The Kier molecular flexibility index (Phi) is 11.9. The molecule has 1 N–H and O–H groups in total. The second-order valence-corrected chi connectivity index (χ2v) is 13.4. The van der Waals surface area contributed by atoms with Gasteiger partial charge in [0.25, 0.3) is 5.91 Å². The van der Waals surface area contributed by atoms with E-state index in [0.717, 1.165) is 34.1 Å². The van der Waals surface area contributed by atoms with Gasteiger partial charge in [-0.3, -0.25) is 9.59 Å². The first-order chi connectivity index (χ1) is 24.1. The van der Waals surface area contributed by atoms with E-state index in [0.29, 0.717) is 32.9 Å². The standard InChI is InChI=1S/C37H40N6O5S2/c1-23-18-24(2)39-37(38-23)50-22-34(44)43(20-33-41-30(21-49-33)25-8-15-29(46-5)16-9-25)35(26-10-17-31(47-6)32(19-26)48-7)36(45)40-27-11-13-28(14-12-27)42(3)4/h8-19,21,35H,20,22H2,1-7H3,(H,40,45). The Bertz CT molecular complexity index is 1910. The number of rotatable bonds is 14. The first-order valence-corrected chi connectivity index (χ1v) is 17.6. The van der Waals surface area contributed by atoms with Crippen LogP contribution in [0.5, 0.6) is 17.2 Å². The molecule has 11 nitrogen and oxygen atoms in total. The third kappa shape index (κ3) is 8.90. The number of thiazole rings is 1. The molecule has 5 rings (SSSR count). The first kappa shape index (κ1) is 36.1. The maximum absolute atomic E-state index is 14.4. The summed E-state index contributed by atoms with van der Waals surface area (Å²) in [6.45, 7) is 3.84. The highest BCUT2D eigenvalue weighted by Gasteiger charge is 2.33. The van der Waals surface area contributed by atoms with Gasteiger partial charge in [0.05, 0.1) is 39.3 Å². The topological polar surface area (TPSA) is 119 Å². The molecule has 0 aliphatic rings. The van der Waals surface area contributed by atoms with Crippen molar-refractivity contribution in [3.8, 4) is 28.5 Å². The number of carbonyl (C=O) groups is 2. The maximum Gasteiger partial charge on any atom is 0.251 e. The zero-order valence-electron chi connectivity index (χ0n) is 29.1. The number of carbonyl (C=O) groups excluding carboxylic acids is 2. The fourth-order valence-electron chi connectivity index (χ4n) is 5.26. The van der Waals surface area contributed by atoms with Gasteiger partial charge >= 0.3 is 0 Å². The van der Waals surface area contributed by atoms with E-state index in [4.69, 9.17) is 19.2 Å². The molecule has 0 saturated heterocycles. The van der Waals surface area contributed by atoms with E-state index in [1.54, 1.807) is 37.3 Å². The summed E-state index contributed by atoms with van der Waals surface area (Å²) in [7, 11) is 8.59. The molecule has 0 aliphatic carbocycles. The molecule has 0 aliphatic heterocycles. The summed E-state index contributed by atoms with van der Waals surface area (Å²) in [5.74, 6) is 0.971. The van der Waals surface area contributed by atoms with Gasteiger partial charge in [-0.05, 0) is 86.1 Å². The van der Waals surface area contributed by atoms with Crippen LogP contribution in [-0.4, -0.2) is 72.8 Å². The number of nitrogens with zero attached hydrogens (tertiary/aromatic N) is 5. The summed E-state index contributed by atoms with van der Waals surface area (Å²) < 4.78 is 16.4. The van der Waals surface area contributed by atoms with Crippen LogP contribution in [-0.2, 0) is 16.1 Å². The van der Waals surface area contributed by atoms with Gasteiger partial charge in [0.1, 0.15) is 16.8 Å². The van der Waals surface area contributed by atoms with Gasteiger partial charge in [-0.2, -0.15) is 0 Å². The summed E-state index contributed by atoms with van der Waals surface area (Å²) in [6.07, 6.45) is 0. The number of hydrogen-bond acceptors (Lipinski definition) is 11. The second kappa shape index (κ2) is 16.5. The van der Waals surface area contributed by atoms with E-state index in [2.05, 4.69) is 15.3 Å². The lowest BCUT2D eigenvalue weighted by Gasteiger charge is -2.31. The van der Waals surface area contributed by atoms with Crippen LogP contribution in [0.15, 0.2) is 83.3 Å². The zero-order chi connectivity index (χ0) is 35.8. The van der Waals surface area contributed by atoms with E-state index < -0.39 is 11.9 Å². The summed E-state index contributed by atoms with van der Waals surface area (Å²) in [5.41, 5.74) is 5.39. The van der Waals surface area contributed by atoms with Crippen LogP contribution in [0.3, 0.4) is 0 Å². The average Bonchev–Trinajstić information content (AvgIpc) is 3.58. The van der Waals surface area contributed by atoms with Crippen molar-refractivity contribution in [3.63, 3.8) is 0 Å². The third-order valence-corrected chi connectivity index (χ3v) is 9.45.